The van der Waals surface area contributed by atoms with Gasteiger partial charge in [-0.3, -0.25) is 9.78 Å². The van der Waals surface area contributed by atoms with Crippen molar-refractivity contribution < 1.29 is 4.79 Å². The summed E-state index contributed by atoms with van der Waals surface area (Å²) < 4.78 is 0. The summed E-state index contributed by atoms with van der Waals surface area (Å²) in [5, 5.41) is 0.912. The molecule has 20 heavy (non-hydrogen) atoms. The third-order valence-corrected chi connectivity index (χ3v) is 4.16. The van der Waals surface area contributed by atoms with Crippen molar-refractivity contribution in [2.75, 3.05) is 11.4 Å². The fourth-order valence-corrected chi connectivity index (χ4v) is 3.09. The number of aldehydes is 1. The molecule has 0 N–H and O–H groups in total. The van der Waals surface area contributed by atoms with Crippen LogP contribution in [0.5, 0.6) is 0 Å². The molecule has 0 amide bonds. The summed E-state index contributed by atoms with van der Waals surface area (Å²) in [4.78, 5) is 22.7. The van der Waals surface area contributed by atoms with Crippen molar-refractivity contribution in [2.24, 2.45) is 0 Å². The number of nitrogens with zero attached hydrogens (tertiary/aromatic N) is 3. The second kappa shape index (κ2) is 6.61. The van der Waals surface area contributed by atoms with E-state index in [1.807, 2.05) is 12.1 Å². The molecule has 0 bridgehead atoms. The van der Waals surface area contributed by atoms with E-state index in [1.165, 1.54) is 16.9 Å². The molecule has 0 fully saturated rings. The Kier molecular flexibility index (Phi) is 4.84. The van der Waals surface area contributed by atoms with Crippen LogP contribution in [-0.2, 0) is 6.54 Å². The highest BCUT2D eigenvalue weighted by atomic mass is 32.1. The summed E-state index contributed by atoms with van der Waals surface area (Å²) in [5.74, 6) is 0.264. The smallest absolute Gasteiger partial charge is 0.186 e. The van der Waals surface area contributed by atoms with Crippen molar-refractivity contribution in [3.8, 4) is 0 Å². The number of thiazole rings is 1. The highest BCUT2D eigenvalue weighted by Crippen LogP contribution is 2.30. The van der Waals surface area contributed by atoms with Gasteiger partial charge in [-0.25, -0.2) is 4.98 Å². The van der Waals surface area contributed by atoms with Crippen molar-refractivity contribution in [3.63, 3.8) is 0 Å². The largest absolute Gasteiger partial charge is 0.344 e. The van der Waals surface area contributed by atoms with Crippen LogP contribution >= 0.6 is 11.3 Å². The van der Waals surface area contributed by atoms with Crippen LogP contribution in [0, 0.1) is 0 Å². The highest BCUT2D eigenvalue weighted by molar-refractivity contribution is 7.17. The molecule has 0 atom stereocenters. The summed E-state index contributed by atoms with van der Waals surface area (Å²) in [6.45, 7) is 7.85. The molecule has 0 saturated heterocycles. The van der Waals surface area contributed by atoms with Gasteiger partial charge >= 0.3 is 0 Å². The molecule has 0 aliphatic heterocycles. The van der Waals surface area contributed by atoms with Crippen LogP contribution in [0.2, 0.25) is 0 Å². The van der Waals surface area contributed by atoms with E-state index in [0.717, 1.165) is 35.1 Å². The Bertz CT molecular complexity index is 566. The first-order chi connectivity index (χ1) is 9.65. The van der Waals surface area contributed by atoms with Gasteiger partial charge in [0.25, 0.3) is 0 Å². The minimum absolute atomic E-state index is 0.264. The van der Waals surface area contributed by atoms with Gasteiger partial charge in [0.05, 0.1) is 10.6 Å². The van der Waals surface area contributed by atoms with Crippen molar-refractivity contribution in [1.82, 2.24) is 9.97 Å². The molecule has 0 radical (unpaired) electrons. The summed E-state index contributed by atoms with van der Waals surface area (Å²) in [6, 6.07) is 4.00. The fourth-order valence-electron chi connectivity index (χ4n) is 1.99. The van der Waals surface area contributed by atoms with E-state index >= 15 is 0 Å². The average molecular weight is 289 g/mol. The lowest BCUT2D eigenvalue weighted by Gasteiger charge is -2.19. The Labute approximate surface area is 123 Å². The van der Waals surface area contributed by atoms with Gasteiger partial charge in [-0.05, 0) is 30.5 Å². The SMILES string of the molecule is CCN(Cc1ccncc1)c1nc(C(C)C)c(C=O)s1. The summed E-state index contributed by atoms with van der Waals surface area (Å²) in [7, 11) is 0. The van der Waals surface area contributed by atoms with E-state index < -0.39 is 0 Å². The number of anilines is 1. The number of rotatable bonds is 6. The molecule has 2 rings (SSSR count). The van der Waals surface area contributed by atoms with E-state index in [4.69, 9.17) is 0 Å². The van der Waals surface area contributed by atoms with E-state index in [9.17, 15) is 4.79 Å². The minimum Gasteiger partial charge on any atom is -0.344 e. The maximum Gasteiger partial charge on any atom is 0.186 e. The molecule has 0 unspecified atom stereocenters. The zero-order valence-electron chi connectivity index (χ0n) is 12.0. The zero-order chi connectivity index (χ0) is 14.5. The number of pyridine rings is 1. The van der Waals surface area contributed by atoms with Crippen LogP contribution in [0.1, 0.15) is 47.6 Å². The zero-order valence-corrected chi connectivity index (χ0v) is 12.9. The summed E-state index contributed by atoms with van der Waals surface area (Å²) >= 11 is 1.47. The number of hydrogen-bond donors (Lipinski definition) is 0. The first kappa shape index (κ1) is 14.7. The molecule has 0 aliphatic carbocycles. The van der Waals surface area contributed by atoms with Crippen LogP contribution in [0.3, 0.4) is 0 Å². The van der Waals surface area contributed by atoms with Gasteiger partial charge < -0.3 is 4.90 Å². The Hall–Kier alpha value is -1.75. The average Bonchev–Trinajstić information content (AvgIpc) is 2.90. The minimum atomic E-state index is 0.264. The molecule has 2 aromatic heterocycles. The van der Waals surface area contributed by atoms with Crippen molar-refractivity contribution in [3.05, 3.63) is 40.7 Å². The second-order valence-corrected chi connectivity index (χ2v) is 5.90. The molecule has 5 heteroatoms. The van der Waals surface area contributed by atoms with Crippen molar-refractivity contribution >= 4 is 22.8 Å². The number of carbonyl (C=O) groups excluding carboxylic acids is 1. The predicted octanol–water partition coefficient (Wildman–Crippen LogP) is 3.50. The lowest BCUT2D eigenvalue weighted by atomic mass is 10.1. The van der Waals surface area contributed by atoms with Crippen molar-refractivity contribution in [2.45, 2.75) is 33.2 Å². The summed E-state index contributed by atoms with van der Waals surface area (Å²) in [5.41, 5.74) is 2.09. The monoisotopic (exact) mass is 289 g/mol. The number of hydrogen-bond acceptors (Lipinski definition) is 5. The molecule has 2 aromatic rings. The molecular formula is C15H19N3OS. The van der Waals surface area contributed by atoms with Crippen LogP contribution in [0.15, 0.2) is 24.5 Å². The first-order valence-corrected chi connectivity index (χ1v) is 7.57. The van der Waals surface area contributed by atoms with E-state index in [1.54, 1.807) is 12.4 Å². The molecule has 2 heterocycles. The normalized spacial score (nSPS) is 10.8. The molecule has 0 aliphatic rings. The second-order valence-electron chi connectivity index (χ2n) is 4.89. The van der Waals surface area contributed by atoms with Crippen LogP contribution in [0.25, 0.3) is 0 Å². The quantitative estimate of drug-likeness (QED) is 0.764. The lowest BCUT2D eigenvalue weighted by Crippen LogP contribution is -2.21. The van der Waals surface area contributed by atoms with Crippen molar-refractivity contribution in [1.29, 1.82) is 0 Å². The molecule has 106 valence electrons. The Morgan fingerprint density at radius 3 is 2.55 bits per heavy atom. The van der Waals surface area contributed by atoms with Gasteiger partial charge in [0.2, 0.25) is 0 Å². The maximum atomic E-state index is 11.2. The standard InChI is InChI=1S/C15H19N3OS/c1-4-18(9-12-5-7-16-8-6-12)15-17-14(11(2)3)13(10-19)20-15/h5-8,10-11H,4,9H2,1-3H3. The van der Waals surface area contributed by atoms with Crippen LogP contribution in [0.4, 0.5) is 5.13 Å². The van der Waals surface area contributed by atoms with E-state index in [-0.39, 0.29) is 5.92 Å². The van der Waals surface area contributed by atoms with Crippen LogP contribution in [-0.4, -0.2) is 22.8 Å². The van der Waals surface area contributed by atoms with Gasteiger partial charge in [0.15, 0.2) is 11.4 Å². The van der Waals surface area contributed by atoms with Crippen LogP contribution < -0.4 is 4.90 Å². The molecule has 0 aromatic carbocycles. The van der Waals surface area contributed by atoms with E-state index in [0.29, 0.717) is 0 Å². The van der Waals surface area contributed by atoms with Gasteiger partial charge in [0, 0.05) is 25.5 Å². The first-order valence-electron chi connectivity index (χ1n) is 6.75. The fraction of sp³-hybridized carbons (Fsp3) is 0.400. The molecule has 0 spiro atoms. The third-order valence-electron chi connectivity index (χ3n) is 3.10. The Balaban J connectivity index is 2.25. The number of aromatic nitrogens is 2. The van der Waals surface area contributed by atoms with E-state index in [2.05, 4.69) is 35.6 Å². The molecular weight excluding hydrogens is 270 g/mol. The van der Waals surface area contributed by atoms with Gasteiger partial charge in [-0.2, -0.15) is 0 Å². The maximum absolute atomic E-state index is 11.2. The Morgan fingerprint density at radius 2 is 2.05 bits per heavy atom. The number of carbonyl (C=O) groups is 1. The van der Waals surface area contributed by atoms with Gasteiger partial charge in [-0.15, -0.1) is 0 Å². The lowest BCUT2D eigenvalue weighted by molar-refractivity contribution is 0.112. The van der Waals surface area contributed by atoms with Gasteiger partial charge in [-0.1, -0.05) is 25.2 Å². The Morgan fingerprint density at radius 1 is 1.35 bits per heavy atom. The third kappa shape index (κ3) is 3.22. The topological polar surface area (TPSA) is 46.1 Å². The highest BCUT2D eigenvalue weighted by Gasteiger charge is 2.17. The predicted molar refractivity (Wildman–Crippen MR) is 82.6 cm³/mol. The molecule has 4 nitrogen and oxygen atoms in total. The molecule has 0 saturated carbocycles. The summed E-state index contributed by atoms with van der Waals surface area (Å²) in [6.07, 6.45) is 4.50. The van der Waals surface area contributed by atoms with Gasteiger partial charge in [0.1, 0.15) is 0 Å².